The van der Waals surface area contributed by atoms with E-state index < -0.39 is 23.3 Å². The molecule has 0 radical (unpaired) electrons. The van der Waals surface area contributed by atoms with Crippen molar-refractivity contribution >= 4 is 28.6 Å². The van der Waals surface area contributed by atoms with Crippen molar-refractivity contribution in [3.05, 3.63) is 52.6 Å². The molecule has 10 heteroatoms. The molecule has 4 rings (SSSR count). The molecule has 0 bridgehead atoms. The number of rotatable bonds is 4. The van der Waals surface area contributed by atoms with E-state index in [-0.39, 0.29) is 11.6 Å². The van der Waals surface area contributed by atoms with Gasteiger partial charge in [-0.05, 0) is 39.3 Å². The van der Waals surface area contributed by atoms with Gasteiger partial charge in [-0.3, -0.25) is 24.5 Å². The number of aryl methyl sites for hydroxylation is 2. The predicted octanol–water partition coefficient (Wildman–Crippen LogP) is 2.28. The monoisotopic (exact) mass is 438 g/mol. The van der Waals surface area contributed by atoms with Crippen LogP contribution >= 0.6 is 0 Å². The molecular weight excluding hydrogens is 412 g/mol. The first kappa shape index (κ1) is 21.5. The van der Waals surface area contributed by atoms with Gasteiger partial charge >= 0.3 is 6.09 Å². The highest BCUT2D eigenvalue weighted by molar-refractivity contribution is 5.85. The van der Waals surface area contributed by atoms with Crippen molar-refractivity contribution < 1.29 is 14.3 Å². The molecule has 10 nitrogen and oxygen atoms in total. The Labute approximate surface area is 184 Å². The number of aromatic nitrogens is 4. The summed E-state index contributed by atoms with van der Waals surface area (Å²) in [4.78, 5) is 46.4. The molecule has 0 fully saturated rings. The van der Waals surface area contributed by atoms with Crippen LogP contribution in [0.15, 0.2) is 35.5 Å². The Balaban J connectivity index is 1.50. The van der Waals surface area contributed by atoms with Gasteiger partial charge in [0.1, 0.15) is 23.2 Å². The summed E-state index contributed by atoms with van der Waals surface area (Å²) in [5, 5.41) is 6.35. The molecule has 3 aromatic rings. The molecule has 0 saturated carbocycles. The Hall–Kier alpha value is -3.69. The highest BCUT2D eigenvalue weighted by Gasteiger charge is 2.31. The first-order chi connectivity index (χ1) is 15.1. The molecule has 0 saturated heterocycles. The van der Waals surface area contributed by atoms with E-state index in [0.29, 0.717) is 25.2 Å². The standard InChI is InChI=1S/C22H26N6O4/c1-22(2,3)32-21(31)26-15-12-24-18-6-5-17(28(18)20(15)30)19(29)25-11-14-9-13-10-23-8-7-16(13)27(14)4/h7-10,12,17H,5-6,11H2,1-4H3,(H,25,29)(H,26,31)/t17-/m0/s1. The lowest BCUT2D eigenvalue weighted by molar-refractivity contribution is -0.124. The molecule has 1 aliphatic rings. The number of hydrogen-bond donors (Lipinski definition) is 2. The topological polar surface area (TPSA) is 120 Å². The van der Waals surface area contributed by atoms with Crippen LogP contribution in [0.4, 0.5) is 10.5 Å². The average molecular weight is 438 g/mol. The van der Waals surface area contributed by atoms with Crippen molar-refractivity contribution in [2.24, 2.45) is 7.05 Å². The van der Waals surface area contributed by atoms with Crippen LogP contribution in [-0.2, 0) is 29.5 Å². The molecule has 1 atom stereocenters. The molecule has 0 aromatic carbocycles. The van der Waals surface area contributed by atoms with Crippen molar-refractivity contribution in [1.29, 1.82) is 0 Å². The molecule has 1 aliphatic heterocycles. The lowest BCUT2D eigenvalue weighted by Crippen LogP contribution is -2.37. The maximum Gasteiger partial charge on any atom is 0.412 e. The Bertz CT molecular complexity index is 1250. The number of carbonyl (C=O) groups excluding carboxylic acids is 2. The summed E-state index contributed by atoms with van der Waals surface area (Å²) in [6.45, 7) is 5.50. The Morgan fingerprint density at radius 1 is 1.28 bits per heavy atom. The normalized spacial score (nSPS) is 15.4. The molecule has 32 heavy (non-hydrogen) atoms. The van der Waals surface area contributed by atoms with E-state index in [1.807, 2.05) is 23.7 Å². The van der Waals surface area contributed by atoms with E-state index in [2.05, 4.69) is 20.6 Å². The average Bonchev–Trinajstić information content (AvgIpc) is 3.29. The lowest BCUT2D eigenvalue weighted by atomic mass is 10.2. The molecule has 0 aliphatic carbocycles. The van der Waals surface area contributed by atoms with E-state index in [4.69, 9.17) is 4.74 Å². The van der Waals surface area contributed by atoms with Crippen LogP contribution in [-0.4, -0.2) is 36.7 Å². The summed E-state index contributed by atoms with van der Waals surface area (Å²) in [6.07, 6.45) is 5.02. The highest BCUT2D eigenvalue weighted by atomic mass is 16.6. The van der Waals surface area contributed by atoms with E-state index in [1.54, 1.807) is 33.2 Å². The minimum Gasteiger partial charge on any atom is -0.444 e. The minimum absolute atomic E-state index is 0.0242. The zero-order valence-corrected chi connectivity index (χ0v) is 18.5. The van der Waals surface area contributed by atoms with E-state index in [0.717, 1.165) is 16.6 Å². The summed E-state index contributed by atoms with van der Waals surface area (Å²) in [7, 11) is 1.93. The van der Waals surface area contributed by atoms with Gasteiger partial charge in [-0.2, -0.15) is 0 Å². The molecule has 168 valence electrons. The van der Waals surface area contributed by atoms with Gasteiger partial charge in [0.25, 0.3) is 5.56 Å². The molecular formula is C22H26N6O4. The van der Waals surface area contributed by atoms with Crippen LogP contribution < -0.4 is 16.2 Å². The van der Waals surface area contributed by atoms with Crippen molar-refractivity contribution in [2.45, 2.75) is 51.8 Å². The van der Waals surface area contributed by atoms with Crippen LogP contribution in [0.5, 0.6) is 0 Å². The third-order valence-electron chi connectivity index (χ3n) is 5.35. The van der Waals surface area contributed by atoms with E-state index in [1.165, 1.54) is 10.8 Å². The molecule has 4 heterocycles. The second kappa shape index (κ2) is 8.10. The maximum atomic E-state index is 13.0. The van der Waals surface area contributed by atoms with Gasteiger partial charge in [0.05, 0.1) is 18.3 Å². The third kappa shape index (κ3) is 4.20. The Morgan fingerprint density at radius 3 is 2.78 bits per heavy atom. The number of nitrogens with one attached hydrogen (secondary N) is 2. The molecule has 0 unspecified atom stereocenters. The number of amides is 2. The van der Waals surface area contributed by atoms with Crippen LogP contribution in [0.2, 0.25) is 0 Å². The Kier molecular flexibility index (Phi) is 5.45. The fourth-order valence-electron chi connectivity index (χ4n) is 3.86. The van der Waals surface area contributed by atoms with Crippen molar-refractivity contribution in [1.82, 2.24) is 24.4 Å². The van der Waals surface area contributed by atoms with E-state index in [9.17, 15) is 14.4 Å². The molecule has 2 amide bonds. The summed E-state index contributed by atoms with van der Waals surface area (Å²) < 4.78 is 8.55. The molecule has 2 N–H and O–H groups in total. The SMILES string of the molecule is Cn1c(CNC(=O)[C@@H]2CCc3ncc(NC(=O)OC(C)(C)C)c(=O)n32)cc2cnccc21. The number of nitrogens with zero attached hydrogens (tertiary/aromatic N) is 4. The van der Waals surface area contributed by atoms with Crippen LogP contribution in [0.1, 0.15) is 44.8 Å². The van der Waals surface area contributed by atoms with Gasteiger partial charge in [0.2, 0.25) is 5.91 Å². The van der Waals surface area contributed by atoms with Gasteiger partial charge in [0.15, 0.2) is 0 Å². The van der Waals surface area contributed by atoms with E-state index >= 15 is 0 Å². The number of fused-ring (bicyclic) bond motifs is 2. The molecule has 0 spiro atoms. The van der Waals surface area contributed by atoms with Gasteiger partial charge in [0, 0.05) is 36.9 Å². The number of anilines is 1. The maximum absolute atomic E-state index is 13.0. The van der Waals surface area contributed by atoms with Crippen LogP contribution in [0, 0.1) is 0 Å². The van der Waals surface area contributed by atoms with Gasteiger partial charge < -0.3 is 14.6 Å². The number of pyridine rings is 1. The fourth-order valence-corrected chi connectivity index (χ4v) is 3.86. The summed E-state index contributed by atoms with van der Waals surface area (Å²) >= 11 is 0. The second-order valence-electron chi connectivity index (χ2n) is 8.79. The zero-order chi connectivity index (χ0) is 23.0. The first-order valence-electron chi connectivity index (χ1n) is 10.4. The summed E-state index contributed by atoms with van der Waals surface area (Å²) in [6, 6.07) is 3.20. The van der Waals surface area contributed by atoms with Gasteiger partial charge in [-0.1, -0.05) is 0 Å². The lowest BCUT2D eigenvalue weighted by Gasteiger charge is -2.20. The predicted molar refractivity (Wildman–Crippen MR) is 118 cm³/mol. The number of hydrogen-bond acceptors (Lipinski definition) is 6. The van der Waals surface area contributed by atoms with Crippen molar-refractivity contribution in [2.75, 3.05) is 5.32 Å². The smallest absolute Gasteiger partial charge is 0.412 e. The number of carbonyl (C=O) groups is 2. The minimum atomic E-state index is -0.749. The van der Waals surface area contributed by atoms with Crippen molar-refractivity contribution in [3.8, 4) is 0 Å². The first-order valence-corrected chi connectivity index (χ1v) is 10.4. The zero-order valence-electron chi connectivity index (χ0n) is 18.5. The second-order valence-corrected chi connectivity index (χ2v) is 8.79. The van der Waals surface area contributed by atoms with Crippen molar-refractivity contribution in [3.63, 3.8) is 0 Å². The van der Waals surface area contributed by atoms with Gasteiger partial charge in [-0.15, -0.1) is 0 Å². The Morgan fingerprint density at radius 2 is 2.06 bits per heavy atom. The summed E-state index contributed by atoms with van der Waals surface area (Å²) in [5.74, 6) is 0.242. The largest absolute Gasteiger partial charge is 0.444 e. The number of ether oxygens (including phenoxy) is 1. The van der Waals surface area contributed by atoms with Gasteiger partial charge in [-0.25, -0.2) is 9.78 Å². The molecule has 3 aromatic heterocycles. The highest BCUT2D eigenvalue weighted by Crippen LogP contribution is 2.24. The summed E-state index contributed by atoms with van der Waals surface area (Å²) in [5.41, 5.74) is 0.738. The quantitative estimate of drug-likeness (QED) is 0.645. The van der Waals surface area contributed by atoms with Crippen LogP contribution in [0.25, 0.3) is 10.9 Å². The van der Waals surface area contributed by atoms with Crippen LogP contribution in [0.3, 0.4) is 0 Å². The fraction of sp³-hybridized carbons (Fsp3) is 0.409. The third-order valence-corrected chi connectivity index (χ3v) is 5.35.